The summed E-state index contributed by atoms with van der Waals surface area (Å²) in [6, 6.07) is 13.8. The molecule has 0 aliphatic carbocycles. The SMILES string of the molecule is Cc1ccc2c(c1)C(c1ccccc1)=N[C@H](NC(=O)[C@H](CCC(F)(F)F)[C@H](CCC(F)(F)F)C(N)=O)C(=O)N2C. The number of likely N-dealkylation sites (N-methyl/N-ethyl adjacent to an activating group) is 1. The van der Waals surface area contributed by atoms with Crippen LogP contribution in [0.3, 0.4) is 0 Å². The van der Waals surface area contributed by atoms with Crippen molar-refractivity contribution in [2.45, 2.75) is 51.1 Å². The molecule has 0 saturated heterocycles. The molecule has 0 unspecified atom stereocenters. The number of anilines is 1. The van der Waals surface area contributed by atoms with Gasteiger partial charge in [-0.25, -0.2) is 4.99 Å². The van der Waals surface area contributed by atoms with Gasteiger partial charge in [-0.2, -0.15) is 26.3 Å². The van der Waals surface area contributed by atoms with E-state index in [-0.39, 0.29) is 0 Å². The van der Waals surface area contributed by atoms with Crippen LogP contribution in [0.25, 0.3) is 0 Å². The quantitative estimate of drug-likeness (QED) is 0.429. The summed E-state index contributed by atoms with van der Waals surface area (Å²) < 4.78 is 77.9. The number of halogens is 6. The second-order valence-corrected chi connectivity index (χ2v) is 9.60. The van der Waals surface area contributed by atoms with E-state index in [1.54, 1.807) is 48.5 Å². The second kappa shape index (κ2) is 12.1. The molecule has 7 nitrogen and oxygen atoms in total. The lowest BCUT2D eigenvalue weighted by Crippen LogP contribution is -2.50. The topological polar surface area (TPSA) is 105 Å². The molecule has 1 aliphatic rings. The van der Waals surface area contributed by atoms with Crippen molar-refractivity contribution < 1.29 is 40.7 Å². The van der Waals surface area contributed by atoms with Crippen molar-refractivity contribution in [1.82, 2.24) is 5.32 Å². The first kappa shape index (κ1) is 30.6. The van der Waals surface area contributed by atoms with Crippen molar-refractivity contribution in [1.29, 1.82) is 0 Å². The number of fused-ring (bicyclic) bond motifs is 1. The second-order valence-electron chi connectivity index (χ2n) is 9.60. The minimum absolute atomic E-state index is 0.303. The number of hydrogen-bond donors (Lipinski definition) is 2. The first-order valence-corrected chi connectivity index (χ1v) is 12.3. The predicted molar refractivity (Wildman–Crippen MR) is 135 cm³/mol. The summed E-state index contributed by atoms with van der Waals surface area (Å²) in [6.07, 6.45) is -16.2. The van der Waals surface area contributed by atoms with Crippen molar-refractivity contribution in [2.75, 3.05) is 11.9 Å². The van der Waals surface area contributed by atoms with E-state index in [9.17, 15) is 40.7 Å². The molecule has 0 fully saturated rings. The number of carbonyl (C=O) groups excluding carboxylic acids is 3. The van der Waals surface area contributed by atoms with Crippen LogP contribution in [-0.4, -0.2) is 49.0 Å². The zero-order chi connectivity index (χ0) is 29.8. The van der Waals surface area contributed by atoms with Gasteiger partial charge in [0, 0.05) is 42.9 Å². The Hall–Kier alpha value is -3.90. The Morgan fingerprint density at radius 2 is 1.55 bits per heavy atom. The largest absolute Gasteiger partial charge is 0.389 e. The summed E-state index contributed by atoms with van der Waals surface area (Å²) in [4.78, 5) is 44.5. The fourth-order valence-corrected chi connectivity index (χ4v) is 4.54. The van der Waals surface area contributed by atoms with Gasteiger partial charge in [0.25, 0.3) is 5.91 Å². The van der Waals surface area contributed by atoms with Gasteiger partial charge in [-0.1, -0.05) is 42.0 Å². The third-order valence-electron chi connectivity index (χ3n) is 6.58. The molecule has 40 heavy (non-hydrogen) atoms. The number of hydrogen-bond acceptors (Lipinski definition) is 4. The average Bonchev–Trinajstić information content (AvgIpc) is 2.95. The van der Waals surface area contributed by atoms with Crippen molar-refractivity contribution in [3.63, 3.8) is 0 Å². The normalized spacial score (nSPS) is 17.4. The zero-order valence-corrected chi connectivity index (χ0v) is 21.6. The number of amides is 3. The minimum atomic E-state index is -4.76. The Morgan fingerprint density at radius 3 is 2.10 bits per heavy atom. The summed E-state index contributed by atoms with van der Waals surface area (Å²) in [5, 5.41) is 2.28. The third kappa shape index (κ3) is 7.82. The Kier molecular flexibility index (Phi) is 9.26. The summed E-state index contributed by atoms with van der Waals surface area (Å²) in [6.45, 7) is 1.82. The fraction of sp³-hybridized carbons (Fsp3) is 0.407. The van der Waals surface area contributed by atoms with E-state index in [4.69, 9.17) is 5.73 Å². The van der Waals surface area contributed by atoms with Crippen molar-refractivity contribution in [3.8, 4) is 0 Å². The molecule has 13 heteroatoms. The number of carbonyl (C=O) groups is 3. The Morgan fingerprint density at radius 1 is 0.975 bits per heavy atom. The van der Waals surface area contributed by atoms with Gasteiger partial charge in [0.05, 0.1) is 11.4 Å². The Balaban J connectivity index is 2.03. The monoisotopic (exact) mass is 570 g/mol. The maximum absolute atomic E-state index is 13.4. The number of benzene rings is 2. The molecule has 3 atom stereocenters. The number of aryl methyl sites for hydroxylation is 1. The number of alkyl halides is 6. The standard InChI is InChI=1S/C27H28F6N4O3/c1-15-8-9-20-19(14-15)21(16-6-4-3-5-7-16)35-23(25(40)37(20)2)36-24(39)18(11-13-27(31,32)33)17(22(34)38)10-12-26(28,29)30/h3-9,14,17-18,23H,10-13H2,1-2H3,(H2,34,38)(H,36,39)/t17-,18+,23+/m0/s1. The summed E-state index contributed by atoms with van der Waals surface area (Å²) in [5.41, 5.74) is 7.97. The van der Waals surface area contributed by atoms with Gasteiger partial charge >= 0.3 is 12.4 Å². The van der Waals surface area contributed by atoms with Crippen molar-refractivity contribution in [2.24, 2.45) is 22.6 Å². The number of nitrogens with two attached hydrogens (primary N) is 1. The summed E-state index contributed by atoms with van der Waals surface area (Å²) in [7, 11) is 1.43. The molecule has 1 heterocycles. The highest BCUT2D eigenvalue weighted by molar-refractivity contribution is 6.20. The molecule has 0 spiro atoms. The molecule has 216 valence electrons. The van der Waals surface area contributed by atoms with Gasteiger partial charge in [-0.3, -0.25) is 14.4 Å². The van der Waals surface area contributed by atoms with Crippen LogP contribution in [0.15, 0.2) is 53.5 Å². The van der Waals surface area contributed by atoms with Gasteiger partial charge in [0.1, 0.15) is 0 Å². The van der Waals surface area contributed by atoms with Crippen molar-refractivity contribution in [3.05, 3.63) is 65.2 Å². The van der Waals surface area contributed by atoms with Crippen LogP contribution >= 0.6 is 0 Å². The van der Waals surface area contributed by atoms with Crippen LogP contribution in [0.2, 0.25) is 0 Å². The van der Waals surface area contributed by atoms with Gasteiger partial charge in [-0.05, 0) is 31.9 Å². The number of benzodiazepines with no additional fused rings is 1. The lowest BCUT2D eigenvalue weighted by atomic mass is 9.83. The number of nitrogens with one attached hydrogen (secondary N) is 1. The maximum Gasteiger partial charge on any atom is 0.389 e. The van der Waals surface area contributed by atoms with E-state index in [1.165, 1.54) is 11.9 Å². The molecule has 1 aliphatic heterocycles. The van der Waals surface area contributed by atoms with E-state index < -0.39 is 73.8 Å². The highest BCUT2D eigenvalue weighted by Gasteiger charge is 2.41. The van der Waals surface area contributed by atoms with Crippen LogP contribution in [0, 0.1) is 18.8 Å². The van der Waals surface area contributed by atoms with E-state index in [1.807, 2.05) is 6.92 Å². The Labute approximate surface area is 226 Å². The van der Waals surface area contributed by atoms with Gasteiger partial charge in [-0.15, -0.1) is 0 Å². The van der Waals surface area contributed by atoms with E-state index in [0.717, 1.165) is 5.56 Å². The number of nitrogens with zero attached hydrogens (tertiary/aromatic N) is 2. The van der Waals surface area contributed by atoms with E-state index >= 15 is 0 Å². The number of primary amides is 1. The molecule has 3 rings (SSSR count). The van der Waals surface area contributed by atoms with Gasteiger partial charge < -0.3 is 16.0 Å². The lowest BCUT2D eigenvalue weighted by molar-refractivity contribution is -0.152. The summed E-state index contributed by atoms with van der Waals surface area (Å²) in [5.74, 6) is -7.08. The Bertz CT molecular complexity index is 1280. The highest BCUT2D eigenvalue weighted by Crippen LogP contribution is 2.33. The van der Waals surface area contributed by atoms with Crippen LogP contribution < -0.4 is 16.0 Å². The number of aliphatic imine (C=N–C) groups is 1. The molecule has 0 aromatic heterocycles. The maximum atomic E-state index is 13.4. The molecule has 0 radical (unpaired) electrons. The number of rotatable bonds is 9. The van der Waals surface area contributed by atoms with E-state index in [2.05, 4.69) is 10.3 Å². The van der Waals surface area contributed by atoms with Crippen LogP contribution in [0.1, 0.15) is 42.4 Å². The fourth-order valence-electron chi connectivity index (χ4n) is 4.54. The van der Waals surface area contributed by atoms with Gasteiger partial charge in [0.2, 0.25) is 18.0 Å². The molecule has 3 amide bonds. The van der Waals surface area contributed by atoms with Gasteiger partial charge in [0.15, 0.2) is 0 Å². The molecule has 3 N–H and O–H groups in total. The third-order valence-corrected chi connectivity index (χ3v) is 6.58. The van der Waals surface area contributed by atoms with Crippen molar-refractivity contribution >= 4 is 29.1 Å². The highest BCUT2D eigenvalue weighted by atomic mass is 19.4. The van der Waals surface area contributed by atoms with Crippen LogP contribution in [0.5, 0.6) is 0 Å². The predicted octanol–water partition coefficient (Wildman–Crippen LogP) is 4.65. The van der Waals surface area contributed by atoms with E-state index in [0.29, 0.717) is 22.5 Å². The molecule has 0 bridgehead atoms. The lowest BCUT2D eigenvalue weighted by Gasteiger charge is -2.27. The first-order valence-electron chi connectivity index (χ1n) is 12.3. The average molecular weight is 571 g/mol. The van der Waals surface area contributed by atoms with Crippen LogP contribution in [-0.2, 0) is 14.4 Å². The minimum Gasteiger partial charge on any atom is -0.369 e. The zero-order valence-electron chi connectivity index (χ0n) is 21.6. The summed E-state index contributed by atoms with van der Waals surface area (Å²) >= 11 is 0. The first-order chi connectivity index (χ1) is 18.6. The molecule has 2 aromatic carbocycles. The van der Waals surface area contributed by atoms with Crippen LogP contribution in [0.4, 0.5) is 32.0 Å². The molecule has 0 saturated carbocycles. The molecular formula is C27H28F6N4O3. The smallest absolute Gasteiger partial charge is 0.369 e. The molecule has 2 aromatic rings. The molecular weight excluding hydrogens is 542 g/mol.